The van der Waals surface area contributed by atoms with Crippen LogP contribution in [0.4, 0.5) is 5.69 Å². The Balaban J connectivity index is 2.13. The highest BCUT2D eigenvalue weighted by atomic mass is 16.2. The van der Waals surface area contributed by atoms with Crippen LogP contribution in [0.5, 0.6) is 0 Å². The van der Waals surface area contributed by atoms with E-state index >= 15 is 0 Å². The Bertz CT molecular complexity index is 476. The summed E-state index contributed by atoms with van der Waals surface area (Å²) < 4.78 is 1.95. The molecule has 0 saturated heterocycles. The van der Waals surface area contributed by atoms with E-state index in [-0.39, 0.29) is 11.9 Å². The van der Waals surface area contributed by atoms with Gasteiger partial charge in [-0.2, -0.15) is 5.10 Å². The predicted molar refractivity (Wildman–Crippen MR) is 71.6 cm³/mol. The fraction of sp³-hybridized carbons (Fsp3) is 0.538. The second kappa shape index (κ2) is 5.35. The summed E-state index contributed by atoms with van der Waals surface area (Å²) in [6.45, 7) is 7.66. The Labute approximate surface area is 107 Å². The number of hydrogen-bond donors (Lipinski definition) is 2. The molecule has 5 nitrogen and oxygen atoms in total. The third-order valence-corrected chi connectivity index (χ3v) is 3.13. The van der Waals surface area contributed by atoms with Gasteiger partial charge in [0.25, 0.3) is 0 Å². The van der Waals surface area contributed by atoms with E-state index in [0.717, 1.165) is 36.6 Å². The van der Waals surface area contributed by atoms with Crippen molar-refractivity contribution in [1.29, 1.82) is 0 Å². The molecule has 0 aromatic carbocycles. The Morgan fingerprint density at radius 2 is 2.39 bits per heavy atom. The molecule has 1 aromatic heterocycles. The summed E-state index contributed by atoms with van der Waals surface area (Å²) in [4.78, 5) is 12.0. The molecule has 0 saturated carbocycles. The average Bonchev–Trinajstić information content (AvgIpc) is 2.94. The number of rotatable bonds is 4. The van der Waals surface area contributed by atoms with Gasteiger partial charge in [0.05, 0.1) is 17.1 Å². The summed E-state index contributed by atoms with van der Waals surface area (Å²) in [5.74, 6) is -0.0222. The van der Waals surface area contributed by atoms with Gasteiger partial charge < -0.3 is 5.32 Å². The maximum atomic E-state index is 12.0. The molecule has 0 spiro atoms. The molecule has 5 heteroatoms. The van der Waals surface area contributed by atoms with Crippen LogP contribution in [0.3, 0.4) is 0 Å². The fourth-order valence-corrected chi connectivity index (χ4v) is 2.16. The molecule has 1 aliphatic heterocycles. The largest absolute Gasteiger partial charge is 0.321 e. The highest BCUT2D eigenvalue weighted by Crippen LogP contribution is 2.20. The van der Waals surface area contributed by atoms with E-state index in [1.807, 2.05) is 30.7 Å². The number of aryl methyl sites for hydroxylation is 2. The molecule has 2 N–H and O–H groups in total. The first-order valence-electron chi connectivity index (χ1n) is 6.38. The van der Waals surface area contributed by atoms with Gasteiger partial charge in [-0.3, -0.25) is 14.8 Å². The number of nitrogens with one attached hydrogen (secondary N) is 2. The van der Waals surface area contributed by atoms with E-state index in [0.29, 0.717) is 0 Å². The summed E-state index contributed by atoms with van der Waals surface area (Å²) in [5.41, 5.74) is 2.73. The van der Waals surface area contributed by atoms with Crippen LogP contribution in [0, 0.1) is 13.8 Å². The molecular formula is C13H20N4O. The summed E-state index contributed by atoms with van der Waals surface area (Å²) in [7, 11) is 0. The molecule has 0 bridgehead atoms. The summed E-state index contributed by atoms with van der Waals surface area (Å²) in [6, 6.07) is -0.224. The first-order valence-corrected chi connectivity index (χ1v) is 6.38. The molecular weight excluding hydrogens is 228 g/mol. The van der Waals surface area contributed by atoms with Gasteiger partial charge in [-0.05, 0) is 20.3 Å². The second-order valence-electron chi connectivity index (χ2n) is 4.57. The summed E-state index contributed by atoms with van der Waals surface area (Å²) in [6.07, 6.45) is 4.88. The maximum Gasteiger partial charge on any atom is 0.245 e. The molecule has 0 aliphatic carbocycles. The lowest BCUT2D eigenvalue weighted by molar-refractivity contribution is -0.116. The van der Waals surface area contributed by atoms with Crippen LogP contribution in [-0.4, -0.2) is 28.3 Å². The highest BCUT2D eigenvalue weighted by Gasteiger charge is 2.20. The van der Waals surface area contributed by atoms with E-state index in [1.165, 1.54) is 0 Å². The second-order valence-corrected chi connectivity index (χ2v) is 4.57. The van der Waals surface area contributed by atoms with Gasteiger partial charge in [-0.15, -0.1) is 0 Å². The lowest BCUT2D eigenvalue weighted by Gasteiger charge is -2.10. The monoisotopic (exact) mass is 248 g/mol. The van der Waals surface area contributed by atoms with Crippen molar-refractivity contribution in [2.24, 2.45) is 0 Å². The van der Waals surface area contributed by atoms with Gasteiger partial charge in [0.2, 0.25) is 5.91 Å². The normalized spacial score (nSPS) is 18.3. The van der Waals surface area contributed by atoms with Gasteiger partial charge in [-0.25, -0.2) is 0 Å². The van der Waals surface area contributed by atoms with E-state index in [1.54, 1.807) is 0 Å². The Morgan fingerprint density at radius 1 is 1.61 bits per heavy atom. The van der Waals surface area contributed by atoms with E-state index in [9.17, 15) is 4.79 Å². The van der Waals surface area contributed by atoms with Crippen molar-refractivity contribution in [3.8, 4) is 0 Å². The minimum atomic E-state index is -0.224. The number of amides is 1. The lowest BCUT2D eigenvalue weighted by atomic mass is 10.2. The Hall–Kier alpha value is -1.62. The van der Waals surface area contributed by atoms with E-state index < -0.39 is 0 Å². The SMILES string of the molecule is CCCn1nc(C)c(NC(=O)C2C=CCN2)c1C. The van der Waals surface area contributed by atoms with Crippen LogP contribution < -0.4 is 10.6 Å². The van der Waals surface area contributed by atoms with Crippen molar-refractivity contribution in [3.63, 3.8) is 0 Å². The molecule has 0 fully saturated rings. The maximum absolute atomic E-state index is 12.0. The molecule has 1 amide bonds. The van der Waals surface area contributed by atoms with Gasteiger partial charge in [0.1, 0.15) is 6.04 Å². The predicted octanol–water partition coefficient (Wildman–Crippen LogP) is 1.38. The molecule has 2 heterocycles. The van der Waals surface area contributed by atoms with Gasteiger partial charge in [0, 0.05) is 13.1 Å². The molecule has 1 aromatic rings. The zero-order valence-electron chi connectivity index (χ0n) is 11.2. The Morgan fingerprint density at radius 3 is 3.00 bits per heavy atom. The smallest absolute Gasteiger partial charge is 0.245 e. The van der Waals surface area contributed by atoms with Crippen molar-refractivity contribution in [1.82, 2.24) is 15.1 Å². The van der Waals surface area contributed by atoms with Crippen LogP contribution in [0.2, 0.25) is 0 Å². The van der Waals surface area contributed by atoms with Crippen molar-refractivity contribution in [2.75, 3.05) is 11.9 Å². The molecule has 18 heavy (non-hydrogen) atoms. The van der Waals surface area contributed by atoms with Gasteiger partial charge >= 0.3 is 0 Å². The van der Waals surface area contributed by atoms with Crippen molar-refractivity contribution < 1.29 is 4.79 Å². The van der Waals surface area contributed by atoms with Crippen molar-refractivity contribution in [2.45, 2.75) is 39.8 Å². The number of carbonyl (C=O) groups is 1. The third kappa shape index (κ3) is 2.46. The number of hydrogen-bond acceptors (Lipinski definition) is 3. The van der Waals surface area contributed by atoms with E-state index in [4.69, 9.17) is 0 Å². The first-order chi connectivity index (χ1) is 8.63. The molecule has 98 valence electrons. The van der Waals surface area contributed by atoms with Crippen molar-refractivity contribution in [3.05, 3.63) is 23.5 Å². The number of nitrogens with zero attached hydrogens (tertiary/aromatic N) is 2. The zero-order chi connectivity index (χ0) is 13.1. The highest BCUT2D eigenvalue weighted by molar-refractivity contribution is 5.97. The molecule has 1 atom stereocenters. The molecule has 1 aliphatic rings. The fourth-order valence-electron chi connectivity index (χ4n) is 2.16. The molecule has 2 rings (SSSR count). The van der Waals surface area contributed by atoms with Gasteiger partial charge in [-0.1, -0.05) is 19.1 Å². The quantitative estimate of drug-likeness (QED) is 0.791. The molecule has 1 unspecified atom stereocenters. The van der Waals surface area contributed by atoms with Gasteiger partial charge in [0.15, 0.2) is 0 Å². The van der Waals surface area contributed by atoms with Crippen LogP contribution in [-0.2, 0) is 11.3 Å². The van der Waals surface area contributed by atoms with Crippen LogP contribution >= 0.6 is 0 Å². The average molecular weight is 248 g/mol. The van der Waals surface area contributed by atoms with Crippen LogP contribution in [0.15, 0.2) is 12.2 Å². The Kier molecular flexibility index (Phi) is 3.81. The zero-order valence-corrected chi connectivity index (χ0v) is 11.2. The van der Waals surface area contributed by atoms with E-state index in [2.05, 4.69) is 22.7 Å². The number of carbonyl (C=O) groups excluding carboxylic acids is 1. The lowest BCUT2D eigenvalue weighted by Crippen LogP contribution is -2.35. The standard InChI is InChI=1S/C13H20N4O/c1-4-8-17-10(3)12(9(2)16-17)15-13(18)11-6-5-7-14-11/h5-6,11,14H,4,7-8H2,1-3H3,(H,15,18). The minimum absolute atomic E-state index is 0.0222. The summed E-state index contributed by atoms with van der Waals surface area (Å²) in [5, 5.41) is 10.5. The summed E-state index contributed by atoms with van der Waals surface area (Å²) >= 11 is 0. The minimum Gasteiger partial charge on any atom is -0.321 e. The molecule has 0 radical (unpaired) electrons. The number of aromatic nitrogens is 2. The third-order valence-electron chi connectivity index (χ3n) is 3.13. The van der Waals surface area contributed by atoms with Crippen LogP contribution in [0.1, 0.15) is 24.7 Å². The van der Waals surface area contributed by atoms with Crippen LogP contribution in [0.25, 0.3) is 0 Å². The first kappa shape index (κ1) is 12.8. The topological polar surface area (TPSA) is 59.0 Å². The van der Waals surface area contributed by atoms with Crippen molar-refractivity contribution >= 4 is 11.6 Å². The number of anilines is 1.